The molecule has 0 aromatic heterocycles. The Morgan fingerprint density at radius 3 is 1.41 bits per heavy atom. The first-order chi connectivity index (χ1) is 26.9. The minimum Gasteiger partial charge on any atom is -0.481 e. The number of aliphatic carboxylic acids is 1. The zero-order valence-electron chi connectivity index (χ0n) is 31.0. The standard InChI is InChI=1S/C22H25BrN2O4.C20H21BrN2O4/c1-2-29-20(26)14-7-6-13-19(25-21(27)16-9-4-3-5-10-16)22(28)24-18-12-8-11-17(23)15-18;21-15-9-6-10-16(13-15)22-20(27)17(11-4-5-12-18(24)25)23-19(26)14-7-2-1-3-8-14/h3-5,8-12,15,19H,2,6-7,13-14H2,1H3,(H,24,28)(H,25,27);1-3,6-10,13,17H,4-5,11-12H2,(H,22,27)(H,23,26)(H,24,25). The molecule has 0 saturated carbocycles. The lowest BCUT2D eigenvalue weighted by atomic mass is 10.1. The third-order valence-electron chi connectivity index (χ3n) is 8.06. The molecule has 0 bridgehead atoms. The van der Waals surface area contributed by atoms with Crippen molar-refractivity contribution < 1.29 is 38.6 Å². The molecule has 0 heterocycles. The molecule has 0 saturated heterocycles. The van der Waals surface area contributed by atoms with E-state index in [-0.39, 0.29) is 36.0 Å². The van der Waals surface area contributed by atoms with Crippen LogP contribution in [0.15, 0.2) is 118 Å². The van der Waals surface area contributed by atoms with Crippen LogP contribution in [0.5, 0.6) is 0 Å². The molecule has 0 aliphatic rings. The van der Waals surface area contributed by atoms with Crippen molar-refractivity contribution in [1.29, 1.82) is 0 Å². The van der Waals surface area contributed by atoms with Crippen molar-refractivity contribution in [3.63, 3.8) is 0 Å². The van der Waals surface area contributed by atoms with Gasteiger partial charge in [-0.1, -0.05) is 93.2 Å². The largest absolute Gasteiger partial charge is 0.481 e. The molecule has 4 amide bonds. The summed E-state index contributed by atoms with van der Waals surface area (Å²) in [7, 11) is 0. The van der Waals surface area contributed by atoms with Crippen LogP contribution in [-0.4, -0.2) is 59.4 Å². The van der Waals surface area contributed by atoms with Gasteiger partial charge in [0.15, 0.2) is 0 Å². The highest BCUT2D eigenvalue weighted by Gasteiger charge is 2.23. The van der Waals surface area contributed by atoms with Crippen LogP contribution in [-0.2, 0) is 23.9 Å². The lowest BCUT2D eigenvalue weighted by molar-refractivity contribution is -0.143. The number of benzene rings is 4. The first-order valence-corrected chi connectivity index (χ1v) is 19.8. The Labute approximate surface area is 343 Å². The number of esters is 1. The second kappa shape index (κ2) is 24.9. The number of amides is 4. The van der Waals surface area contributed by atoms with Crippen LogP contribution in [0.4, 0.5) is 11.4 Å². The molecular formula is C42H46Br2N4O8. The van der Waals surface area contributed by atoms with E-state index in [1.54, 1.807) is 91.9 Å². The fraction of sp³-hybridized carbons (Fsp3) is 0.286. The minimum absolute atomic E-state index is 0.0343. The topological polar surface area (TPSA) is 180 Å². The molecule has 0 aliphatic carbocycles. The zero-order valence-corrected chi connectivity index (χ0v) is 34.1. The van der Waals surface area contributed by atoms with Gasteiger partial charge in [0.1, 0.15) is 12.1 Å². The molecule has 0 fully saturated rings. The maximum absolute atomic E-state index is 12.8. The van der Waals surface area contributed by atoms with Crippen LogP contribution < -0.4 is 21.3 Å². The molecule has 296 valence electrons. The number of anilines is 2. The van der Waals surface area contributed by atoms with Crippen molar-refractivity contribution in [2.45, 2.75) is 70.4 Å². The van der Waals surface area contributed by atoms with Gasteiger partial charge < -0.3 is 31.1 Å². The molecule has 4 rings (SSSR count). The van der Waals surface area contributed by atoms with Crippen LogP contribution in [0.2, 0.25) is 0 Å². The Balaban J connectivity index is 0.000000301. The zero-order chi connectivity index (χ0) is 40.7. The molecule has 2 atom stereocenters. The van der Waals surface area contributed by atoms with Crippen molar-refractivity contribution in [3.05, 3.63) is 129 Å². The van der Waals surface area contributed by atoms with Gasteiger partial charge in [-0.25, -0.2) is 0 Å². The van der Waals surface area contributed by atoms with Crippen molar-refractivity contribution in [2.75, 3.05) is 17.2 Å². The summed E-state index contributed by atoms with van der Waals surface area (Å²) in [6, 6.07) is 30.3. The summed E-state index contributed by atoms with van der Waals surface area (Å²) >= 11 is 6.72. The fourth-order valence-electron chi connectivity index (χ4n) is 5.27. The van der Waals surface area contributed by atoms with Gasteiger partial charge in [0.05, 0.1) is 6.61 Å². The van der Waals surface area contributed by atoms with E-state index in [4.69, 9.17) is 9.84 Å². The number of carbonyl (C=O) groups is 6. The number of hydrogen-bond donors (Lipinski definition) is 5. The highest BCUT2D eigenvalue weighted by Crippen LogP contribution is 2.18. The number of halogens is 2. The van der Waals surface area contributed by atoms with Gasteiger partial charge in [0.2, 0.25) is 11.8 Å². The molecule has 4 aromatic rings. The molecule has 14 heteroatoms. The van der Waals surface area contributed by atoms with Crippen LogP contribution in [0, 0.1) is 0 Å². The normalized spacial score (nSPS) is 11.4. The monoisotopic (exact) mass is 892 g/mol. The Bertz CT molecular complexity index is 1900. The number of hydrogen-bond acceptors (Lipinski definition) is 7. The average Bonchev–Trinajstić information content (AvgIpc) is 3.18. The molecule has 2 unspecified atom stereocenters. The van der Waals surface area contributed by atoms with E-state index in [1.807, 2.05) is 24.3 Å². The van der Waals surface area contributed by atoms with Gasteiger partial charge >= 0.3 is 11.9 Å². The number of unbranched alkanes of at least 4 members (excludes halogenated alkanes) is 2. The quantitative estimate of drug-likeness (QED) is 0.0462. The van der Waals surface area contributed by atoms with E-state index < -0.39 is 18.1 Å². The van der Waals surface area contributed by atoms with Gasteiger partial charge in [0.25, 0.3) is 11.8 Å². The molecule has 0 radical (unpaired) electrons. The summed E-state index contributed by atoms with van der Waals surface area (Å²) in [5, 5.41) is 19.9. The second-order valence-corrected chi connectivity index (χ2v) is 14.3. The van der Waals surface area contributed by atoms with Crippen LogP contribution >= 0.6 is 31.9 Å². The maximum atomic E-state index is 12.8. The van der Waals surface area contributed by atoms with Crippen molar-refractivity contribution >= 4 is 78.8 Å². The first kappa shape index (κ1) is 45.1. The number of rotatable bonds is 19. The van der Waals surface area contributed by atoms with Gasteiger partial charge in [0, 0.05) is 44.3 Å². The highest BCUT2D eigenvalue weighted by atomic mass is 79.9. The number of carboxylic acid groups (broad SMARTS) is 1. The van der Waals surface area contributed by atoms with Gasteiger partial charge in [-0.15, -0.1) is 0 Å². The van der Waals surface area contributed by atoms with E-state index in [9.17, 15) is 28.8 Å². The lowest BCUT2D eigenvalue weighted by Gasteiger charge is -2.19. The number of nitrogens with one attached hydrogen (secondary N) is 4. The third kappa shape index (κ3) is 17.4. The minimum atomic E-state index is -0.876. The third-order valence-corrected chi connectivity index (χ3v) is 9.05. The van der Waals surface area contributed by atoms with E-state index in [2.05, 4.69) is 53.1 Å². The molecule has 12 nitrogen and oxygen atoms in total. The Morgan fingerprint density at radius 1 is 0.589 bits per heavy atom. The van der Waals surface area contributed by atoms with Crippen molar-refractivity contribution in [2.24, 2.45) is 0 Å². The van der Waals surface area contributed by atoms with Crippen LogP contribution in [0.1, 0.15) is 79.0 Å². The maximum Gasteiger partial charge on any atom is 0.305 e. The molecule has 0 aliphatic heterocycles. The van der Waals surface area contributed by atoms with Gasteiger partial charge in [-0.2, -0.15) is 0 Å². The summed E-state index contributed by atoms with van der Waals surface area (Å²) in [5.74, 6) is -2.43. The highest BCUT2D eigenvalue weighted by molar-refractivity contribution is 9.10. The average molecular weight is 895 g/mol. The predicted octanol–water partition coefficient (Wildman–Crippen LogP) is 8.14. The second-order valence-electron chi connectivity index (χ2n) is 12.5. The smallest absolute Gasteiger partial charge is 0.305 e. The lowest BCUT2D eigenvalue weighted by Crippen LogP contribution is -2.43. The molecule has 4 aromatic carbocycles. The summed E-state index contributed by atoms with van der Waals surface area (Å²) in [6.45, 7) is 2.11. The van der Waals surface area contributed by atoms with E-state index >= 15 is 0 Å². The Kier molecular flexibility index (Phi) is 20.1. The van der Waals surface area contributed by atoms with Crippen LogP contribution in [0.3, 0.4) is 0 Å². The van der Waals surface area contributed by atoms with E-state index in [1.165, 1.54) is 0 Å². The number of carboxylic acids is 1. The predicted molar refractivity (Wildman–Crippen MR) is 222 cm³/mol. The molecule has 5 N–H and O–H groups in total. The number of ether oxygens (including phenoxy) is 1. The Morgan fingerprint density at radius 2 is 1.02 bits per heavy atom. The fourth-order valence-corrected chi connectivity index (χ4v) is 6.07. The van der Waals surface area contributed by atoms with E-state index in [0.717, 1.165) is 8.95 Å². The summed E-state index contributed by atoms with van der Waals surface area (Å²) in [6.07, 6.45) is 3.23. The van der Waals surface area contributed by atoms with E-state index in [0.29, 0.717) is 74.1 Å². The van der Waals surface area contributed by atoms with Crippen molar-refractivity contribution in [3.8, 4) is 0 Å². The van der Waals surface area contributed by atoms with Crippen molar-refractivity contribution in [1.82, 2.24) is 10.6 Å². The SMILES string of the molecule is CCOC(=O)CCCCC(NC(=O)c1ccccc1)C(=O)Nc1cccc(Br)c1.O=C(O)CCCCC(NC(=O)c1ccccc1)C(=O)Nc1cccc(Br)c1. The van der Waals surface area contributed by atoms with Gasteiger partial charge in [-0.05, 0) is 93.3 Å². The van der Waals surface area contributed by atoms with Crippen LogP contribution in [0.25, 0.3) is 0 Å². The van der Waals surface area contributed by atoms with Gasteiger partial charge in [-0.3, -0.25) is 28.8 Å². The summed E-state index contributed by atoms with van der Waals surface area (Å²) in [5.41, 5.74) is 2.19. The molecule has 0 spiro atoms. The number of carbonyl (C=O) groups excluding carboxylic acids is 5. The molecule has 56 heavy (non-hydrogen) atoms. The molecular weight excluding hydrogens is 848 g/mol. The summed E-state index contributed by atoms with van der Waals surface area (Å²) in [4.78, 5) is 72.5. The Hall–Kier alpha value is -5.34. The summed E-state index contributed by atoms with van der Waals surface area (Å²) < 4.78 is 6.58. The first-order valence-electron chi connectivity index (χ1n) is 18.2.